The molecule has 3 amide bonds. The lowest BCUT2D eigenvalue weighted by atomic mass is 9.94. The molecule has 212 valence electrons. The molecular weight excluding hydrogens is 508 g/mol. The zero-order valence-electron chi connectivity index (χ0n) is 23.2. The molecule has 9 heteroatoms. The number of imide groups is 1. The van der Waals surface area contributed by atoms with E-state index in [1.54, 1.807) is 6.07 Å². The number of para-hydroxylation sites is 2. The summed E-state index contributed by atoms with van der Waals surface area (Å²) < 4.78 is 11.5. The maximum Gasteiger partial charge on any atom is 0.263 e. The second kappa shape index (κ2) is 11.5. The van der Waals surface area contributed by atoms with Gasteiger partial charge in [-0.05, 0) is 56.9 Å². The molecule has 0 unspecified atom stereocenters. The van der Waals surface area contributed by atoms with Gasteiger partial charge in [0.1, 0.15) is 5.75 Å². The molecule has 4 aliphatic rings. The fourth-order valence-electron chi connectivity index (χ4n) is 6.56. The lowest BCUT2D eigenvalue weighted by molar-refractivity contribution is -0.136. The smallest absolute Gasteiger partial charge is 0.263 e. The molecule has 2 aromatic carbocycles. The first kappa shape index (κ1) is 26.6. The molecule has 0 aliphatic carbocycles. The summed E-state index contributed by atoms with van der Waals surface area (Å²) in [5.74, 6) is 0.429. The Balaban J connectivity index is 1.12. The van der Waals surface area contributed by atoms with Crippen molar-refractivity contribution in [1.29, 1.82) is 0 Å². The lowest BCUT2D eigenvalue weighted by Gasteiger charge is -2.40. The topological polar surface area (TPSA) is 82.6 Å². The number of hydrogen-bond acceptors (Lipinski definition) is 7. The number of rotatable bonds is 7. The van der Waals surface area contributed by atoms with Crippen LogP contribution in [0.1, 0.15) is 53.3 Å². The van der Waals surface area contributed by atoms with Gasteiger partial charge in [0, 0.05) is 45.9 Å². The molecule has 9 nitrogen and oxygen atoms in total. The molecule has 0 aromatic heterocycles. The standard InChI is InChI=1S/C31H38N4O5/c1-2-39-27-13-4-3-11-25(27)32-15-17-33(18-16-32)29(36)22-8-6-14-34(20-22)26-12-5-10-24-28(26)31(38)35(30(24)37)21-23-9-7-19-40-23/h3-5,10-13,22-23H,2,6-9,14-21H2,1H3/t22-,23-/m0/s1. The first-order valence-corrected chi connectivity index (χ1v) is 14.7. The molecule has 2 atom stereocenters. The molecule has 0 saturated carbocycles. The van der Waals surface area contributed by atoms with Crippen molar-refractivity contribution in [2.75, 3.05) is 68.8 Å². The number of anilines is 2. The van der Waals surface area contributed by atoms with Gasteiger partial charge in [0.15, 0.2) is 0 Å². The first-order valence-electron chi connectivity index (χ1n) is 14.7. The Morgan fingerprint density at radius 2 is 1.70 bits per heavy atom. The van der Waals surface area contributed by atoms with Gasteiger partial charge in [0.2, 0.25) is 5.91 Å². The normalized spacial score (nSPS) is 23.1. The number of piperidine rings is 1. The number of hydrogen-bond donors (Lipinski definition) is 0. The summed E-state index contributed by atoms with van der Waals surface area (Å²) >= 11 is 0. The third-order valence-corrected chi connectivity index (χ3v) is 8.60. The minimum atomic E-state index is -0.247. The number of amides is 3. The van der Waals surface area contributed by atoms with Gasteiger partial charge in [-0.25, -0.2) is 0 Å². The Morgan fingerprint density at radius 1 is 0.900 bits per heavy atom. The Kier molecular flexibility index (Phi) is 7.65. The zero-order chi connectivity index (χ0) is 27.6. The summed E-state index contributed by atoms with van der Waals surface area (Å²) in [5, 5.41) is 0. The molecule has 0 spiro atoms. The Labute approximate surface area is 235 Å². The quantitative estimate of drug-likeness (QED) is 0.492. The highest BCUT2D eigenvalue weighted by Gasteiger charge is 2.41. The van der Waals surface area contributed by atoms with E-state index in [2.05, 4.69) is 15.9 Å². The number of nitrogens with zero attached hydrogens (tertiary/aromatic N) is 4. The molecule has 4 heterocycles. The molecule has 3 saturated heterocycles. The van der Waals surface area contributed by atoms with Crippen LogP contribution < -0.4 is 14.5 Å². The number of piperazine rings is 1. The van der Waals surface area contributed by atoms with E-state index >= 15 is 0 Å². The van der Waals surface area contributed by atoms with Gasteiger partial charge in [0.25, 0.3) is 11.8 Å². The van der Waals surface area contributed by atoms with Crippen LogP contribution in [0, 0.1) is 5.92 Å². The van der Waals surface area contributed by atoms with Crippen LogP contribution in [0.5, 0.6) is 5.75 Å². The third kappa shape index (κ3) is 5.03. The van der Waals surface area contributed by atoms with Gasteiger partial charge in [-0.2, -0.15) is 0 Å². The van der Waals surface area contributed by atoms with Gasteiger partial charge in [-0.1, -0.05) is 18.2 Å². The van der Waals surface area contributed by atoms with E-state index in [1.807, 2.05) is 42.2 Å². The van der Waals surface area contributed by atoms with Crippen molar-refractivity contribution in [3.8, 4) is 5.75 Å². The van der Waals surface area contributed by atoms with E-state index in [4.69, 9.17) is 9.47 Å². The van der Waals surface area contributed by atoms with Crippen LogP contribution in [-0.4, -0.2) is 92.7 Å². The molecule has 0 radical (unpaired) electrons. The molecule has 0 N–H and O–H groups in total. The number of benzene rings is 2. The van der Waals surface area contributed by atoms with Crippen molar-refractivity contribution in [2.45, 2.75) is 38.7 Å². The molecular formula is C31H38N4O5. The van der Waals surface area contributed by atoms with Crippen molar-refractivity contribution >= 4 is 29.1 Å². The van der Waals surface area contributed by atoms with Crippen LogP contribution in [0.25, 0.3) is 0 Å². The van der Waals surface area contributed by atoms with Crippen molar-refractivity contribution in [1.82, 2.24) is 9.80 Å². The summed E-state index contributed by atoms with van der Waals surface area (Å²) in [6.45, 7) is 7.75. The average Bonchev–Trinajstić information content (AvgIpc) is 3.60. The summed E-state index contributed by atoms with van der Waals surface area (Å²) in [5.41, 5.74) is 2.77. The van der Waals surface area contributed by atoms with Crippen LogP contribution in [0.2, 0.25) is 0 Å². The number of carbonyl (C=O) groups is 3. The zero-order valence-corrected chi connectivity index (χ0v) is 23.2. The summed E-state index contributed by atoms with van der Waals surface area (Å²) in [6, 6.07) is 13.6. The maximum atomic E-state index is 13.7. The predicted octanol–water partition coefficient (Wildman–Crippen LogP) is 3.43. The van der Waals surface area contributed by atoms with E-state index in [0.29, 0.717) is 50.5 Å². The molecule has 6 rings (SSSR count). The van der Waals surface area contributed by atoms with Gasteiger partial charge in [-0.3, -0.25) is 19.3 Å². The second-order valence-electron chi connectivity index (χ2n) is 11.1. The van der Waals surface area contributed by atoms with Gasteiger partial charge in [-0.15, -0.1) is 0 Å². The number of ether oxygens (including phenoxy) is 2. The van der Waals surface area contributed by atoms with Gasteiger partial charge >= 0.3 is 0 Å². The van der Waals surface area contributed by atoms with Crippen molar-refractivity contribution in [2.24, 2.45) is 5.92 Å². The summed E-state index contributed by atoms with van der Waals surface area (Å²) in [6.07, 6.45) is 3.43. The monoisotopic (exact) mass is 546 g/mol. The number of carbonyl (C=O) groups excluding carboxylic acids is 3. The van der Waals surface area contributed by atoms with E-state index in [-0.39, 0.29) is 29.7 Å². The SMILES string of the molecule is CCOc1ccccc1N1CCN(C(=O)[C@H]2CCCN(c3cccc4c3C(=O)N(C[C@@H]3CCCO3)C4=O)C2)CC1. The summed E-state index contributed by atoms with van der Waals surface area (Å²) in [4.78, 5) is 48.0. The van der Waals surface area contributed by atoms with Gasteiger partial charge in [0.05, 0.1) is 47.7 Å². The van der Waals surface area contributed by atoms with Crippen LogP contribution in [-0.2, 0) is 9.53 Å². The van der Waals surface area contributed by atoms with Crippen molar-refractivity contribution in [3.05, 3.63) is 53.6 Å². The lowest BCUT2D eigenvalue weighted by Crippen LogP contribution is -2.52. The predicted molar refractivity (Wildman–Crippen MR) is 152 cm³/mol. The minimum absolute atomic E-state index is 0.0873. The maximum absolute atomic E-state index is 13.7. The third-order valence-electron chi connectivity index (χ3n) is 8.60. The van der Waals surface area contributed by atoms with Crippen LogP contribution in [0.4, 0.5) is 11.4 Å². The molecule has 0 bridgehead atoms. The Morgan fingerprint density at radius 3 is 2.48 bits per heavy atom. The average molecular weight is 547 g/mol. The summed E-state index contributed by atoms with van der Waals surface area (Å²) in [7, 11) is 0. The first-order chi connectivity index (χ1) is 19.5. The highest BCUT2D eigenvalue weighted by atomic mass is 16.5. The number of fused-ring (bicyclic) bond motifs is 1. The van der Waals surface area contributed by atoms with Crippen LogP contribution >= 0.6 is 0 Å². The van der Waals surface area contributed by atoms with E-state index < -0.39 is 0 Å². The van der Waals surface area contributed by atoms with Crippen LogP contribution in [0.15, 0.2) is 42.5 Å². The minimum Gasteiger partial charge on any atom is -0.492 e. The Bertz CT molecular complexity index is 1270. The van der Waals surface area contributed by atoms with E-state index in [9.17, 15) is 14.4 Å². The van der Waals surface area contributed by atoms with Gasteiger partial charge < -0.3 is 24.2 Å². The van der Waals surface area contributed by atoms with E-state index in [1.165, 1.54) is 4.90 Å². The molecule has 2 aromatic rings. The Hall–Kier alpha value is -3.59. The highest BCUT2D eigenvalue weighted by molar-refractivity contribution is 6.23. The van der Waals surface area contributed by atoms with Crippen molar-refractivity contribution < 1.29 is 23.9 Å². The molecule has 3 fully saturated rings. The highest BCUT2D eigenvalue weighted by Crippen LogP contribution is 2.35. The fraction of sp³-hybridized carbons (Fsp3) is 0.516. The van der Waals surface area contributed by atoms with Crippen molar-refractivity contribution in [3.63, 3.8) is 0 Å². The molecule has 40 heavy (non-hydrogen) atoms. The molecule has 4 aliphatic heterocycles. The second-order valence-corrected chi connectivity index (χ2v) is 11.1. The van der Waals surface area contributed by atoms with Crippen LogP contribution in [0.3, 0.4) is 0 Å². The fourth-order valence-corrected chi connectivity index (χ4v) is 6.56. The van der Waals surface area contributed by atoms with E-state index in [0.717, 1.165) is 62.4 Å². The largest absolute Gasteiger partial charge is 0.492 e.